The first-order valence-corrected chi connectivity index (χ1v) is 10.8. The summed E-state index contributed by atoms with van der Waals surface area (Å²) in [4.78, 5) is 25.9. The molecule has 1 saturated carbocycles. The van der Waals surface area contributed by atoms with Gasteiger partial charge in [-0.2, -0.15) is 0 Å². The number of carbonyl (C=O) groups excluding carboxylic acids is 2. The van der Waals surface area contributed by atoms with Gasteiger partial charge >= 0.3 is 0 Å². The summed E-state index contributed by atoms with van der Waals surface area (Å²) in [7, 11) is 0. The van der Waals surface area contributed by atoms with Crippen LogP contribution in [-0.4, -0.2) is 17.1 Å². The molecule has 0 spiro atoms. The van der Waals surface area contributed by atoms with E-state index >= 15 is 0 Å². The van der Waals surface area contributed by atoms with Gasteiger partial charge in [-0.3, -0.25) is 9.59 Å². The highest BCUT2D eigenvalue weighted by Crippen LogP contribution is 2.28. The van der Waals surface area contributed by atoms with Crippen LogP contribution in [0.15, 0.2) is 53.4 Å². The van der Waals surface area contributed by atoms with Gasteiger partial charge in [0, 0.05) is 22.2 Å². The number of hydrogen-bond donors (Lipinski definition) is 2. The zero-order valence-corrected chi connectivity index (χ0v) is 17.4. The first-order chi connectivity index (χ1) is 13.5. The maximum atomic E-state index is 12.5. The fourth-order valence-electron chi connectivity index (χ4n) is 3.48. The van der Waals surface area contributed by atoms with Crippen molar-refractivity contribution in [3.8, 4) is 0 Å². The summed E-state index contributed by atoms with van der Waals surface area (Å²) in [6.45, 7) is 3.89. The zero-order valence-electron chi connectivity index (χ0n) is 16.5. The van der Waals surface area contributed by atoms with Gasteiger partial charge in [-0.25, -0.2) is 0 Å². The molecule has 0 heterocycles. The van der Waals surface area contributed by atoms with Gasteiger partial charge in [0.2, 0.25) is 11.8 Å². The van der Waals surface area contributed by atoms with Crippen LogP contribution in [0.5, 0.6) is 0 Å². The SMILES string of the molecule is Cc1cccc(NC(=O)C(C)Sc2cccc(NC(=O)C3CCCCC3)c2)c1. The lowest BCUT2D eigenvalue weighted by molar-refractivity contribution is -0.120. The van der Waals surface area contributed by atoms with Crippen LogP contribution >= 0.6 is 11.8 Å². The van der Waals surface area contributed by atoms with Crippen LogP contribution in [0.3, 0.4) is 0 Å². The zero-order chi connectivity index (χ0) is 19.9. The van der Waals surface area contributed by atoms with Gasteiger partial charge in [0.15, 0.2) is 0 Å². The standard InChI is InChI=1S/C23H28N2O2S/c1-16-8-6-11-19(14-16)24-22(26)17(2)28-21-13-7-12-20(15-21)25-23(27)18-9-4-3-5-10-18/h6-8,11-15,17-18H,3-5,9-10H2,1-2H3,(H,24,26)(H,25,27). The summed E-state index contributed by atoms with van der Waals surface area (Å²) in [6.07, 6.45) is 5.48. The average molecular weight is 397 g/mol. The second kappa shape index (κ2) is 9.78. The third kappa shape index (κ3) is 5.86. The normalized spacial score (nSPS) is 15.6. The minimum atomic E-state index is -0.246. The number of amides is 2. The first kappa shape index (κ1) is 20.5. The van der Waals surface area contributed by atoms with Crippen LogP contribution in [0.4, 0.5) is 11.4 Å². The number of carbonyl (C=O) groups is 2. The van der Waals surface area contributed by atoms with E-state index in [4.69, 9.17) is 0 Å². The molecular formula is C23H28N2O2S. The largest absolute Gasteiger partial charge is 0.326 e. The lowest BCUT2D eigenvalue weighted by Gasteiger charge is -2.21. The van der Waals surface area contributed by atoms with Crippen molar-refractivity contribution < 1.29 is 9.59 Å². The molecule has 0 saturated heterocycles. The molecule has 5 heteroatoms. The number of anilines is 2. The first-order valence-electron chi connectivity index (χ1n) is 9.96. The Kier molecular flexibility index (Phi) is 7.15. The van der Waals surface area contributed by atoms with Crippen LogP contribution in [0.1, 0.15) is 44.6 Å². The highest BCUT2D eigenvalue weighted by molar-refractivity contribution is 8.00. The highest BCUT2D eigenvalue weighted by Gasteiger charge is 2.21. The van der Waals surface area contributed by atoms with E-state index in [0.717, 1.165) is 47.5 Å². The number of aryl methyl sites for hydroxylation is 1. The van der Waals surface area contributed by atoms with Gasteiger partial charge in [0.05, 0.1) is 5.25 Å². The monoisotopic (exact) mass is 396 g/mol. The van der Waals surface area contributed by atoms with E-state index in [1.165, 1.54) is 18.2 Å². The number of rotatable bonds is 6. The molecule has 2 amide bonds. The van der Waals surface area contributed by atoms with Gasteiger partial charge in [0.25, 0.3) is 0 Å². The van der Waals surface area contributed by atoms with Crippen LogP contribution < -0.4 is 10.6 Å². The molecule has 1 atom stereocenters. The van der Waals surface area contributed by atoms with E-state index in [1.54, 1.807) is 0 Å². The maximum absolute atomic E-state index is 12.5. The molecule has 4 nitrogen and oxygen atoms in total. The number of hydrogen-bond acceptors (Lipinski definition) is 3. The van der Waals surface area contributed by atoms with E-state index in [1.807, 2.05) is 62.4 Å². The number of benzene rings is 2. The Morgan fingerprint density at radius 2 is 1.64 bits per heavy atom. The molecule has 1 aliphatic rings. The molecule has 2 aromatic rings. The topological polar surface area (TPSA) is 58.2 Å². The van der Waals surface area contributed by atoms with Crippen molar-refractivity contribution in [3.05, 3.63) is 54.1 Å². The molecule has 1 unspecified atom stereocenters. The number of thioether (sulfide) groups is 1. The summed E-state index contributed by atoms with van der Waals surface area (Å²) in [5.41, 5.74) is 2.72. The van der Waals surface area contributed by atoms with Crippen LogP contribution in [0, 0.1) is 12.8 Å². The minimum Gasteiger partial charge on any atom is -0.326 e. The van der Waals surface area contributed by atoms with E-state index in [9.17, 15) is 9.59 Å². The highest BCUT2D eigenvalue weighted by atomic mass is 32.2. The Balaban J connectivity index is 1.57. The molecule has 0 bridgehead atoms. The molecule has 1 aliphatic carbocycles. The van der Waals surface area contributed by atoms with E-state index in [-0.39, 0.29) is 23.0 Å². The molecule has 0 radical (unpaired) electrons. The molecule has 3 rings (SSSR count). The van der Waals surface area contributed by atoms with Crippen molar-refractivity contribution in [2.24, 2.45) is 5.92 Å². The average Bonchev–Trinajstić information content (AvgIpc) is 2.69. The smallest absolute Gasteiger partial charge is 0.237 e. The van der Waals surface area contributed by atoms with E-state index in [2.05, 4.69) is 10.6 Å². The Hall–Kier alpha value is -2.27. The molecule has 0 aliphatic heterocycles. The second-order valence-electron chi connectivity index (χ2n) is 7.47. The predicted molar refractivity (Wildman–Crippen MR) is 117 cm³/mol. The Bertz CT molecular complexity index is 831. The minimum absolute atomic E-state index is 0.0350. The van der Waals surface area contributed by atoms with Crippen molar-refractivity contribution in [2.75, 3.05) is 10.6 Å². The van der Waals surface area contributed by atoms with Crippen LogP contribution in [-0.2, 0) is 9.59 Å². The van der Waals surface area contributed by atoms with Crippen molar-refractivity contribution >= 4 is 35.0 Å². The van der Waals surface area contributed by atoms with E-state index < -0.39 is 0 Å². The molecule has 148 valence electrons. The van der Waals surface area contributed by atoms with E-state index in [0.29, 0.717) is 0 Å². The quantitative estimate of drug-likeness (QED) is 0.622. The molecule has 2 N–H and O–H groups in total. The summed E-state index contributed by atoms with van der Waals surface area (Å²) in [6, 6.07) is 15.5. The van der Waals surface area contributed by atoms with Gasteiger partial charge < -0.3 is 10.6 Å². The fourth-order valence-corrected chi connectivity index (χ4v) is 4.41. The molecule has 0 aromatic heterocycles. The Morgan fingerprint density at radius 1 is 0.964 bits per heavy atom. The summed E-state index contributed by atoms with van der Waals surface area (Å²) < 4.78 is 0. The molecule has 2 aromatic carbocycles. The van der Waals surface area contributed by atoms with Crippen molar-refractivity contribution in [3.63, 3.8) is 0 Å². The molecular weight excluding hydrogens is 368 g/mol. The van der Waals surface area contributed by atoms with Crippen molar-refractivity contribution in [1.82, 2.24) is 0 Å². The van der Waals surface area contributed by atoms with Crippen molar-refractivity contribution in [1.29, 1.82) is 0 Å². The fraction of sp³-hybridized carbons (Fsp3) is 0.391. The van der Waals surface area contributed by atoms with Crippen LogP contribution in [0.25, 0.3) is 0 Å². The number of nitrogens with one attached hydrogen (secondary N) is 2. The van der Waals surface area contributed by atoms with Gasteiger partial charge in [-0.1, -0.05) is 37.5 Å². The van der Waals surface area contributed by atoms with Gasteiger partial charge in [-0.15, -0.1) is 11.8 Å². The third-order valence-electron chi connectivity index (χ3n) is 5.05. The van der Waals surface area contributed by atoms with Gasteiger partial charge in [0.1, 0.15) is 0 Å². The van der Waals surface area contributed by atoms with Crippen LogP contribution in [0.2, 0.25) is 0 Å². The molecule has 28 heavy (non-hydrogen) atoms. The predicted octanol–water partition coefficient (Wildman–Crippen LogP) is 5.63. The van der Waals surface area contributed by atoms with Gasteiger partial charge in [-0.05, 0) is 62.6 Å². The Morgan fingerprint density at radius 3 is 2.36 bits per heavy atom. The van der Waals surface area contributed by atoms with Crippen molar-refractivity contribution in [2.45, 2.75) is 56.1 Å². The summed E-state index contributed by atoms with van der Waals surface area (Å²) >= 11 is 1.49. The third-order valence-corrected chi connectivity index (χ3v) is 6.14. The molecule has 1 fully saturated rings. The summed E-state index contributed by atoms with van der Waals surface area (Å²) in [5, 5.41) is 5.77. The second-order valence-corrected chi connectivity index (χ2v) is 8.89. The lowest BCUT2D eigenvalue weighted by Crippen LogP contribution is -2.24. The lowest BCUT2D eigenvalue weighted by atomic mass is 9.88. The summed E-state index contributed by atoms with van der Waals surface area (Å²) in [5.74, 6) is 0.212. The Labute approximate surface area is 171 Å². The maximum Gasteiger partial charge on any atom is 0.237 e.